The van der Waals surface area contributed by atoms with Crippen LogP contribution in [0, 0.1) is 11.8 Å². The Labute approximate surface area is 94.0 Å². The summed E-state index contributed by atoms with van der Waals surface area (Å²) in [6.45, 7) is 1.87. The van der Waals surface area contributed by atoms with E-state index >= 15 is 0 Å². The molecule has 2 rings (SSSR count). The summed E-state index contributed by atoms with van der Waals surface area (Å²) in [6.07, 6.45) is -1.15. The van der Waals surface area contributed by atoms with Crippen molar-refractivity contribution in [3.05, 3.63) is 0 Å². The zero-order valence-corrected chi connectivity index (χ0v) is 9.34. The molecule has 0 bridgehead atoms. The number of likely N-dealkylation sites (tertiary alicyclic amines) is 1. The van der Waals surface area contributed by atoms with Crippen molar-refractivity contribution in [3.8, 4) is 0 Å². The van der Waals surface area contributed by atoms with Crippen LogP contribution >= 0.6 is 0 Å². The Morgan fingerprint density at radius 2 is 1.69 bits per heavy atom. The van der Waals surface area contributed by atoms with Gasteiger partial charge in [0.15, 0.2) is 0 Å². The fraction of sp³-hybridized carbons (Fsp3) is 1.00. The molecule has 0 amide bonds. The quantitative estimate of drug-likeness (QED) is 0.812. The highest BCUT2D eigenvalue weighted by atomic mass is 19.4. The van der Waals surface area contributed by atoms with Crippen molar-refractivity contribution in [3.63, 3.8) is 0 Å². The van der Waals surface area contributed by atoms with Gasteiger partial charge in [0.1, 0.15) is 0 Å². The second-order valence-electron chi connectivity index (χ2n) is 5.12. The van der Waals surface area contributed by atoms with Gasteiger partial charge in [0.2, 0.25) is 0 Å². The summed E-state index contributed by atoms with van der Waals surface area (Å²) >= 11 is 0. The molecule has 1 atom stereocenters. The number of alkyl halides is 3. The SMILES string of the molecule is NC(CN1CCC(C(F)(F)F)CC1)C1CC1. The van der Waals surface area contributed by atoms with Gasteiger partial charge in [-0.05, 0) is 44.7 Å². The van der Waals surface area contributed by atoms with Crippen molar-refractivity contribution in [2.45, 2.75) is 37.9 Å². The summed E-state index contributed by atoms with van der Waals surface area (Å²) in [4.78, 5) is 2.09. The zero-order valence-electron chi connectivity index (χ0n) is 9.34. The minimum Gasteiger partial charge on any atom is -0.326 e. The van der Waals surface area contributed by atoms with Gasteiger partial charge in [-0.25, -0.2) is 0 Å². The molecule has 1 heterocycles. The molecular weight excluding hydrogens is 217 g/mol. The van der Waals surface area contributed by atoms with E-state index in [1.807, 2.05) is 0 Å². The van der Waals surface area contributed by atoms with Crippen molar-refractivity contribution in [1.82, 2.24) is 4.90 Å². The van der Waals surface area contributed by atoms with E-state index in [-0.39, 0.29) is 18.9 Å². The van der Waals surface area contributed by atoms with Crippen LogP contribution in [0.25, 0.3) is 0 Å². The maximum absolute atomic E-state index is 12.4. The van der Waals surface area contributed by atoms with Gasteiger partial charge in [-0.1, -0.05) is 0 Å². The van der Waals surface area contributed by atoms with Gasteiger partial charge in [-0.15, -0.1) is 0 Å². The number of halogens is 3. The molecular formula is C11H19F3N2. The predicted octanol–water partition coefficient (Wildman–Crippen LogP) is 2.00. The molecule has 0 radical (unpaired) electrons. The van der Waals surface area contributed by atoms with Gasteiger partial charge in [0.25, 0.3) is 0 Å². The molecule has 16 heavy (non-hydrogen) atoms. The molecule has 5 heteroatoms. The van der Waals surface area contributed by atoms with E-state index in [0.29, 0.717) is 19.0 Å². The Morgan fingerprint density at radius 3 is 2.12 bits per heavy atom. The van der Waals surface area contributed by atoms with Gasteiger partial charge < -0.3 is 10.6 Å². The van der Waals surface area contributed by atoms with Gasteiger partial charge in [0.05, 0.1) is 5.92 Å². The lowest BCUT2D eigenvalue weighted by Gasteiger charge is -2.34. The summed E-state index contributed by atoms with van der Waals surface area (Å²) in [7, 11) is 0. The monoisotopic (exact) mass is 236 g/mol. The van der Waals surface area contributed by atoms with Crippen LogP contribution in [0.2, 0.25) is 0 Å². The van der Waals surface area contributed by atoms with Crippen LogP contribution in [0.1, 0.15) is 25.7 Å². The first-order valence-electron chi connectivity index (χ1n) is 6.01. The van der Waals surface area contributed by atoms with Crippen molar-refractivity contribution in [2.24, 2.45) is 17.6 Å². The number of piperidine rings is 1. The number of nitrogens with two attached hydrogens (primary N) is 1. The molecule has 94 valence electrons. The number of hydrogen-bond acceptors (Lipinski definition) is 2. The van der Waals surface area contributed by atoms with Crippen LogP contribution in [0.3, 0.4) is 0 Å². The summed E-state index contributed by atoms with van der Waals surface area (Å²) in [5, 5.41) is 0. The molecule has 1 saturated carbocycles. The maximum Gasteiger partial charge on any atom is 0.391 e. The van der Waals surface area contributed by atoms with Crippen molar-refractivity contribution >= 4 is 0 Å². The molecule has 1 aliphatic carbocycles. The van der Waals surface area contributed by atoms with Crippen LogP contribution in [0.4, 0.5) is 13.2 Å². The van der Waals surface area contributed by atoms with E-state index in [4.69, 9.17) is 5.73 Å². The van der Waals surface area contributed by atoms with Gasteiger partial charge in [-0.2, -0.15) is 13.2 Å². The van der Waals surface area contributed by atoms with Crippen LogP contribution in [0.5, 0.6) is 0 Å². The lowest BCUT2D eigenvalue weighted by atomic mass is 9.96. The largest absolute Gasteiger partial charge is 0.391 e. The van der Waals surface area contributed by atoms with E-state index in [1.54, 1.807) is 0 Å². The standard InChI is InChI=1S/C11H19F3N2/c12-11(13,14)9-3-5-16(6-4-9)7-10(15)8-1-2-8/h8-10H,1-7,15H2. The van der Waals surface area contributed by atoms with Gasteiger partial charge in [-0.3, -0.25) is 0 Å². The number of rotatable bonds is 3. The molecule has 2 fully saturated rings. The van der Waals surface area contributed by atoms with Crippen molar-refractivity contribution < 1.29 is 13.2 Å². The van der Waals surface area contributed by atoms with E-state index in [0.717, 1.165) is 6.54 Å². The first-order chi connectivity index (χ1) is 7.47. The topological polar surface area (TPSA) is 29.3 Å². The second kappa shape index (κ2) is 4.53. The summed E-state index contributed by atoms with van der Waals surface area (Å²) in [5.74, 6) is -0.471. The van der Waals surface area contributed by atoms with Crippen LogP contribution in [0.15, 0.2) is 0 Å². The molecule has 1 saturated heterocycles. The second-order valence-corrected chi connectivity index (χ2v) is 5.12. The van der Waals surface area contributed by atoms with E-state index in [9.17, 15) is 13.2 Å². The molecule has 2 nitrogen and oxygen atoms in total. The minimum absolute atomic E-state index is 0.169. The number of nitrogens with zero attached hydrogens (tertiary/aromatic N) is 1. The van der Waals surface area contributed by atoms with Gasteiger partial charge in [0, 0.05) is 12.6 Å². The average molecular weight is 236 g/mol. The van der Waals surface area contributed by atoms with E-state index in [1.165, 1.54) is 12.8 Å². The molecule has 0 aromatic heterocycles. The summed E-state index contributed by atoms with van der Waals surface area (Å²) < 4.78 is 37.3. The first kappa shape index (κ1) is 12.2. The molecule has 1 unspecified atom stereocenters. The minimum atomic E-state index is -4.01. The highest BCUT2D eigenvalue weighted by Crippen LogP contribution is 2.35. The fourth-order valence-corrected chi connectivity index (χ4v) is 2.41. The highest BCUT2D eigenvalue weighted by molar-refractivity contribution is 4.87. The van der Waals surface area contributed by atoms with E-state index < -0.39 is 12.1 Å². The molecule has 2 aliphatic rings. The van der Waals surface area contributed by atoms with Crippen LogP contribution < -0.4 is 5.73 Å². The zero-order chi connectivity index (χ0) is 11.8. The normalized spacial score (nSPS) is 27.0. The number of hydrogen-bond donors (Lipinski definition) is 1. The van der Waals surface area contributed by atoms with Crippen molar-refractivity contribution in [1.29, 1.82) is 0 Å². The lowest BCUT2D eigenvalue weighted by molar-refractivity contribution is -0.185. The third-order valence-corrected chi connectivity index (χ3v) is 3.75. The lowest BCUT2D eigenvalue weighted by Crippen LogP contribution is -2.45. The smallest absolute Gasteiger partial charge is 0.326 e. The first-order valence-corrected chi connectivity index (χ1v) is 6.01. The summed E-state index contributed by atoms with van der Waals surface area (Å²) in [6, 6.07) is 0.169. The summed E-state index contributed by atoms with van der Waals surface area (Å²) in [5.41, 5.74) is 5.97. The Morgan fingerprint density at radius 1 is 1.12 bits per heavy atom. The predicted molar refractivity (Wildman–Crippen MR) is 55.9 cm³/mol. The third-order valence-electron chi connectivity index (χ3n) is 3.75. The fourth-order valence-electron chi connectivity index (χ4n) is 2.41. The molecule has 0 aromatic rings. The Balaban J connectivity index is 1.72. The Hall–Kier alpha value is -0.290. The molecule has 0 spiro atoms. The Kier molecular flexibility index (Phi) is 3.45. The van der Waals surface area contributed by atoms with Crippen molar-refractivity contribution in [2.75, 3.05) is 19.6 Å². The Bertz CT molecular complexity index is 230. The maximum atomic E-state index is 12.4. The van der Waals surface area contributed by atoms with E-state index in [2.05, 4.69) is 4.90 Å². The van der Waals surface area contributed by atoms with Gasteiger partial charge >= 0.3 is 6.18 Å². The third kappa shape index (κ3) is 3.10. The van der Waals surface area contributed by atoms with Crippen LogP contribution in [-0.4, -0.2) is 36.8 Å². The molecule has 0 aromatic carbocycles. The molecule has 1 aliphatic heterocycles. The average Bonchev–Trinajstić information content (AvgIpc) is 3.00. The molecule has 2 N–H and O–H groups in total. The van der Waals surface area contributed by atoms with Crippen LogP contribution in [-0.2, 0) is 0 Å². The highest BCUT2D eigenvalue weighted by Gasteiger charge is 2.41.